The van der Waals surface area contributed by atoms with E-state index in [1.54, 1.807) is 12.1 Å². The molecule has 0 atom stereocenters. The highest BCUT2D eigenvalue weighted by Gasteiger charge is 2.06. The Bertz CT molecular complexity index is 407. The number of halogens is 1. The third-order valence-corrected chi connectivity index (χ3v) is 2.86. The second-order valence-corrected chi connectivity index (χ2v) is 4.17. The Labute approximate surface area is 109 Å². The van der Waals surface area contributed by atoms with Crippen molar-refractivity contribution in [2.75, 3.05) is 11.9 Å². The maximum Gasteiger partial charge on any atom is 0.248 e. The molecule has 0 bridgehead atoms. The number of alkyl halides is 1. The standard InChI is InChI=1S/C12H15BrN2O2/c13-8-11(16)15-7-3-5-9-4-1-2-6-10(9)12(14)17/h1-2,4,6H,3,5,7-8H2,(H2,14,17)(H,15,16). The predicted molar refractivity (Wildman–Crippen MR) is 70.1 cm³/mol. The van der Waals surface area contributed by atoms with Gasteiger partial charge in [-0.1, -0.05) is 34.1 Å². The summed E-state index contributed by atoms with van der Waals surface area (Å²) in [5, 5.41) is 3.06. The van der Waals surface area contributed by atoms with Gasteiger partial charge in [-0.2, -0.15) is 0 Å². The third-order valence-electron chi connectivity index (χ3n) is 2.35. The van der Waals surface area contributed by atoms with Gasteiger partial charge in [0.15, 0.2) is 0 Å². The molecule has 0 aliphatic heterocycles. The van der Waals surface area contributed by atoms with Crippen LogP contribution in [0.25, 0.3) is 0 Å². The van der Waals surface area contributed by atoms with Gasteiger partial charge in [-0.15, -0.1) is 0 Å². The van der Waals surface area contributed by atoms with Crippen LogP contribution >= 0.6 is 15.9 Å². The predicted octanol–water partition coefficient (Wildman–Crippen LogP) is 1.23. The van der Waals surface area contributed by atoms with Gasteiger partial charge in [-0.05, 0) is 24.5 Å². The Kier molecular flexibility index (Phi) is 5.69. The second kappa shape index (κ2) is 7.06. The number of aryl methyl sites for hydroxylation is 1. The first-order chi connectivity index (χ1) is 8.15. The molecular weight excluding hydrogens is 284 g/mol. The van der Waals surface area contributed by atoms with Crippen molar-refractivity contribution in [3.05, 3.63) is 35.4 Å². The minimum atomic E-state index is -0.412. The first-order valence-corrected chi connectivity index (χ1v) is 6.47. The highest BCUT2D eigenvalue weighted by atomic mass is 79.9. The molecule has 4 nitrogen and oxygen atoms in total. The number of hydrogen-bond donors (Lipinski definition) is 2. The molecule has 3 N–H and O–H groups in total. The Morgan fingerprint density at radius 3 is 2.65 bits per heavy atom. The number of nitrogens with one attached hydrogen (secondary N) is 1. The average Bonchev–Trinajstić information content (AvgIpc) is 2.34. The van der Waals surface area contributed by atoms with Crippen LogP contribution in [-0.4, -0.2) is 23.7 Å². The van der Waals surface area contributed by atoms with Crippen LogP contribution < -0.4 is 11.1 Å². The van der Waals surface area contributed by atoms with Crippen molar-refractivity contribution in [3.63, 3.8) is 0 Å². The normalized spacial score (nSPS) is 9.94. The monoisotopic (exact) mass is 298 g/mol. The van der Waals surface area contributed by atoms with E-state index in [4.69, 9.17) is 5.73 Å². The molecule has 0 aliphatic rings. The lowest BCUT2D eigenvalue weighted by molar-refractivity contribution is -0.118. The molecule has 0 spiro atoms. The van der Waals surface area contributed by atoms with Crippen LogP contribution in [0, 0.1) is 0 Å². The summed E-state index contributed by atoms with van der Waals surface area (Å²) in [7, 11) is 0. The minimum Gasteiger partial charge on any atom is -0.366 e. The molecule has 1 aromatic carbocycles. The molecule has 92 valence electrons. The first kappa shape index (κ1) is 13.7. The summed E-state index contributed by atoms with van der Waals surface area (Å²) >= 11 is 3.07. The van der Waals surface area contributed by atoms with Crippen molar-refractivity contribution in [1.82, 2.24) is 5.32 Å². The topological polar surface area (TPSA) is 72.2 Å². The fourth-order valence-electron chi connectivity index (χ4n) is 1.53. The zero-order chi connectivity index (χ0) is 12.7. The maximum atomic E-state index is 11.2. The zero-order valence-corrected chi connectivity index (χ0v) is 11.0. The van der Waals surface area contributed by atoms with Gasteiger partial charge >= 0.3 is 0 Å². The summed E-state index contributed by atoms with van der Waals surface area (Å²) in [4.78, 5) is 22.1. The van der Waals surface area contributed by atoms with Crippen molar-refractivity contribution in [3.8, 4) is 0 Å². The van der Waals surface area contributed by atoms with Gasteiger partial charge in [0, 0.05) is 12.1 Å². The summed E-state index contributed by atoms with van der Waals surface area (Å²) in [5.41, 5.74) is 6.75. The number of carbonyl (C=O) groups excluding carboxylic acids is 2. The van der Waals surface area contributed by atoms with E-state index in [0.717, 1.165) is 18.4 Å². The highest BCUT2D eigenvalue weighted by molar-refractivity contribution is 9.09. The Balaban J connectivity index is 2.46. The van der Waals surface area contributed by atoms with Gasteiger partial charge in [0.1, 0.15) is 0 Å². The number of amides is 2. The number of rotatable bonds is 6. The molecule has 0 fully saturated rings. The van der Waals surface area contributed by atoms with Gasteiger partial charge in [0.05, 0.1) is 5.33 Å². The first-order valence-electron chi connectivity index (χ1n) is 5.35. The molecule has 0 aromatic heterocycles. The van der Waals surface area contributed by atoms with Crippen LogP contribution in [0.3, 0.4) is 0 Å². The smallest absolute Gasteiger partial charge is 0.248 e. The molecule has 17 heavy (non-hydrogen) atoms. The van der Waals surface area contributed by atoms with Crippen LogP contribution in [0.5, 0.6) is 0 Å². The fourth-order valence-corrected chi connectivity index (χ4v) is 1.73. The number of hydrogen-bond acceptors (Lipinski definition) is 2. The molecular formula is C12H15BrN2O2. The van der Waals surface area contributed by atoms with Crippen molar-refractivity contribution in [2.24, 2.45) is 5.73 Å². The molecule has 5 heteroatoms. The van der Waals surface area contributed by atoms with Gasteiger partial charge in [-0.25, -0.2) is 0 Å². The minimum absolute atomic E-state index is 0.0341. The van der Waals surface area contributed by atoms with E-state index in [2.05, 4.69) is 21.2 Å². The average molecular weight is 299 g/mol. The summed E-state index contributed by atoms with van der Waals surface area (Å²) in [6.07, 6.45) is 1.50. The molecule has 0 unspecified atom stereocenters. The van der Waals surface area contributed by atoms with Gasteiger partial charge in [0.25, 0.3) is 0 Å². The lowest BCUT2D eigenvalue weighted by Gasteiger charge is -2.06. The van der Waals surface area contributed by atoms with Crippen LogP contribution in [0.2, 0.25) is 0 Å². The Morgan fingerprint density at radius 1 is 1.29 bits per heavy atom. The van der Waals surface area contributed by atoms with E-state index < -0.39 is 5.91 Å². The van der Waals surface area contributed by atoms with Crippen LogP contribution in [-0.2, 0) is 11.2 Å². The maximum absolute atomic E-state index is 11.2. The van der Waals surface area contributed by atoms with Crippen molar-refractivity contribution < 1.29 is 9.59 Å². The Hall–Kier alpha value is -1.36. The number of nitrogens with two attached hydrogens (primary N) is 1. The van der Waals surface area contributed by atoms with E-state index in [0.29, 0.717) is 17.4 Å². The summed E-state index contributed by atoms with van der Waals surface area (Å²) < 4.78 is 0. The molecule has 0 aliphatic carbocycles. The molecule has 1 aromatic rings. The lowest BCUT2D eigenvalue weighted by atomic mass is 10.0. The summed E-state index contributed by atoms with van der Waals surface area (Å²) in [6, 6.07) is 7.26. The lowest BCUT2D eigenvalue weighted by Crippen LogP contribution is -2.25. The number of primary amides is 1. The van der Waals surface area contributed by atoms with E-state index in [9.17, 15) is 9.59 Å². The van der Waals surface area contributed by atoms with Gasteiger partial charge in [0.2, 0.25) is 11.8 Å². The molecule has 0 heterocycles. The van der Waals surface area contributed by atoms with Gasteiger partial charge < -0.3 is 11.1 Å². The highest BCUT2D eigenvalue weighted by Crippen LogP contribution is 2.10. The molecule has 0 radical (unpaired) electrons. The van der Waals surface area contributed by atoms with Crippen LogP contribution in [0.1, 0.15) is 22.3 Å². The number of carbonyl (C=O) groups is 2. The van der Waals surface area contributed by atoms with E-state index in [1.807, 2.05) is 12.1 Å². The molecule has 1 rings (SSSR count). The van der Waals surface area contributed by atoms with Crippen LogP contribution in [0.15, 0.2) is 24.3 Å². The van der Waals surface area contributed by atoms with E-state index in [1.165, 1.54) is 0 Å². The third kappa shape index (κ3) is 4.56. The fraction of sp³-hybridized carbons (Fsp3) is 0.333. The van der Waals surface area contributed by atoms with E-state index in [-0.39, 0.29) is 5.91 Å². The second-order valence-electron chi connectivity index (χ2n) is 3.61. The van der Waals surface area contributed by atoms with Crippen LogP contribution in [0.4, 0.5) is 0 Å². The van der Waals surface area contributed by atoms with E-state index >= 15 is 0 Å². The molecule has 0 saturated carbocycles. The SMILES string of the molecule is NC(=O)c1ccccc1CCCNC(=O)CBr. The Morgan fingerprint density at radius 2 is 2.00 bits per heavy atom. The largest absolute Gasteiger partial charge is 0.366 e. The van der Waals surface area contributed by atoms with Gasteiger partial charge in [-0.3, -0.25) is 9.59 Å². The molecule has 2 amide bonds. The summed E-state index contributed by atoms with van der Waals surface area (Å²) in [6.45, 7) is 0.595. The quantitative estimate of drug-likeness (QED) is 0.612. The zero-order valence-electron chi connectivity index (χ0n) is 9.41. The van der Waals surface area contributed by atoms with Crippen molar-refractivity contribution >= 4 is 27.7 Å². The van der Waals surface area contributed by atoms with Crippen molar-refractivity contribution in [2.45, 2.75) is 12.8 Å². The van der Waals surface area contributed by atoms with Crippen molar-refractivity contribution in [1.29, 1.82) is 0 Å². The number of benzene rings is 1. The molecule has 0 saturated heterocycles. The summed E-state index contributed by atoms with van der Waals surface area (Å²) in [5.74, 6) is -0.446.